The molecule has 13 heteroatoms. The van der Waals surface area contributed by atoms with E-state index in [0.717, 1.165) is 17.3 Å². The Bertz CT molecular complexity index is 1270. The highest BCUT2D eigenvalue weighted by atomic mass is 32.2. The number of hydrogen-bond acceptors (Lipinski definition) is 9. The lowest BCUT2D eigenvalue weighted by Gasteiger charge is -2.49. The molecule has 0 bridgehead atoms. The summed E-state index contributed by atoms with van der Waals surface area (Å²) < 4.78 is 5.15. The van der Waals surface area contributed by atoms with Crippen LogP contribution in [0.25, 0.3) is 0 Å². The zero-order chi connectivity index (χ0) is 26.5. The van der Waals surface area contributed by atoms with Crippen LogP contribution in [0.3, 0.4) is 0 Å². The van der Waals surface area contributed by atoms with Crippen molar-refractivity contribution in [1.82, 2.24) is 10.2 Å². The van der Waals surface area contributed by atoms with Gasteiger partial charge in [0.25, 0.3) is 11.6 Å². The number of hydrogen-bond donors (Lipinski definition) is 2. The van der Waals surface area contributed by atoms with E-state index in [2.05, 4.69) is 5.32 Å². The third-order valence-electron chi connectivity index (χ3n) is 5.55. The highest BCUT2D eigenvalue weighted by Crippen LogP contribution is 2.41. The first-order valence-electron chi connectivity index (χ1n) is 11.0. The number of carbonyl (C=O) groups excluding carboxylic acids is 3. The van der Waals surface area contributed by atoms with Gasteiger partial charge in [0.1, 0.15) is 22.9 Å². The van der Waals surface area contributed by atoms with Crippen molar-refractivity contribution in [3.8, 4) is 5.75 Å². The van der Waals surface area contributed by atoms with Gasteiger partial charge in [0, 0.05) is 23.6 Å². The number of amides is 2. The number of carboxylic acids is 1. The van der Waals surface area contributed by atoms with Crippen LogP contribution >= 0.6 is 23.5 Å². The number of nitrogens with zero attached hydrogens (tertiary/aromatic N) is 2. The van der Waals surface area contributed by atoms with Crippen molar-refractivity contribution >= 4 is 53.0 Å². The number of nitro benzene ring substituents is 1. The van der Waals surface area contributed by atoms with Gasteiger partial charge in [-0.05, 0) is 23.3 Å². The zero-order valence-electron chi connectivity index (χ0n) is 19.2. The fraction of sp³-hybridized carbons (Fsp3) is 0.250. The van der Waals surface area contributed by atoms with Gasteiger partial charge >= 0.3 is 11.9 Å². The number of nitro groups is 1. The van der Waals surface area contributed by atoms with Gasteiger partial charge in [0.2, 0.25) is 5.91 Å². The molecule has 192 valence electrons. The topological polar surface area (TPSA) is 156 Å². The summed E-state index contributed by atoms with van der Waals surface area (Å²) in [7, 11) is 0. The van der Waals surface area contributed by atoms with Gasteiger partial charge < -0.3 is 15.2 Å². The molecule has 0 saturated carbocycles. The standard InChI is InChI=1S/C24H21N3O8S2/c28-18(10-14-4-2-1-3-5-14)25-20-22(30)26-21(24(31)32)15(12-37-23(20)26)11-36-13-19(29)35-17-8-6-16(7-9-17)27(33)34/h1-9,20,23H,10-13H2,(H,25,28)(H,31,32)/t20-,23-/m1/s1. The van der Waals surface area contributed by atoms with Crippen molar-refractivity contribution in [1.29, 1.82) is 0 Å². The quantitative estimate of drug-likeness (QED) is 0.150. The van der Waals surface area contributed by atoms with Gasteiger partial charge in [-0.3, -0.25) is 29.4 Å². The summed E-state index contributed by atoms with van der Waals surface area (Å²) in [4.78, 5) is 60.6. The van der Waals surface area contributed by atoms with E-state index in [1.165, 1.54) is 40.9 Å². The summed E-state index contributed by atoms with van der Waals surface area (Å²) in [6, 6.07) is 13.3. The average Bonchev–Trinajstić information content (AvgIpc) is 2.87. The molecule has 4 rings (SSSR count). The highest BCUT2D eigenvalue weighted by molar-refractivity contribution is 8.01. The van der Waals surface area contributed by atoms with Crippen LogP contribution in [0.2, 0.25) is 0 Å². The molecule has 0 spiro atoms. The fourth-order valence-electron chi connectivity index (χ4n) is 3.85. The monoisotopic (exact) mass is 543 g/mol. The molecule has 2 N–H and O–H groups in total. The van der Waals surface area contributed by atoms with Crippen LogP contribution in [0.4, 0.5) is 5.69 Å². The number of rotatable bonds is 10. The molecule has 0 radical (unpaired) electrons. The molecule has 2 aliphatic rings. The van der Waals surface area contributed by atoms with E-state index in [1.807, 2.05) is 18.2 Å². The predicted molar refractivity (Wildman–Crippen MR) is 136 cm³/mol. The van der Waals surface area contributed by atoms with Crippen LogP contribution in [0, 0.1) is 10.1 Å². The van der Waals surface area contributed by atoms with Crippen molar-refractivity contribution in [2.45, 2.75) is 17.8 Å². The lowest BCUT2D eigenvalue weighted by Crippen LogP contribution is -2.70. The average molecular weight is 544 g/mol. The first-order chi connectivity index (χ1) is 17.7. The zero-order valence-corrected chi connectivity index (χ0v) is 20.8. The summed E-state index contributed by atoms with van der Waals surface area (Å²) in [5.41, 5.74) is 1.04. The second kappa shape index (κ2) is 11.5. The number of carbonyl (C=O) groups is 4. The molecule has 2 aromatic rings. The minimum atomic E-state index is -1.25. The number of thioether (sulfide) groups is 2. The number of esters is 1. The first-order valence-corrected chi connectivity index (χ1v) is 13.2. The van der Waals surface area contributed by atoms with Crippen LogP contribution in [-0.2, 0) is 25.6 Å². The molecule has 1 saturated heterocycles. The molecule has 2 atom stereocenters. The summed E-state index contributed by atoms with van der Waals surface area (Å²) in [5, 5.41) is 22.7. The normalized spacial score (nSPS) is 18.5. The molecular weight excluding hydrogens is 522 g/mol. The molecule has 0 aliphatic carbocycles. The van der Waals surface area contributed by atoms with Gasteiger partial charge in [-0.2, -0.15) is 0 Å². The summed E-state index contributed by atoms with van der Waals surface area (Å²) in [6.07, 6.45) is 0.113. The number of non-ortho nitro benzene ring substituents is 1. The van der Waals surface area contributed by atoms with E-state index in [9.17, 15) is 34.4 Å². The first kappa shape index (κ1) is 26.2. The molecular formula is C24H21N3O8S2. The third-order valence-corrected chi connectivity index (χ3v) is 7.88. The minimum Gasteiger partial charge on any atom is -0.477 e. The Morgan fingerprint density at radius 2 is 1.86 bits per heavy atom. The second-order valence-electron chi connectivity index (χ2n) is 8.09. The van der Waals surface area contributed by atoms with Crippen molar-refractivity contribution in [2.24, 2.45) is 0 Å². The molecule has 2 aromatic carbocycles. The molecule has 2 heterocycles. The number of fused-ring (bicyclic) bond motifs is 1. The van der Waals surface area contributed by atoms with Crippen LogP contribution in [0.15, 0.2) is 65.9 Å². The van der Waals surface area contributed by atoms with Crippen molar-refractivity contribution in [2.75, 3.05) is 17.3 Å². The molecule has 37 heavy (non-hydrogen) atoms. The molecule has 0 aromatic heterocycles. The summed E-state index contributed by atoms with van der Waals surface area (Å²) >= 11 is 2.48. The van der Waals surface area contributed by atoms with Crippen LogP contribution in [-0.4, -0.2) is 67.4 Å². The van der Waals surface area contributed by atoms with Crippen LogP contribution in [0.1, 0.15) is 5.56 Å². The number of ether oxygens (including phenoxy) is 1. The maximum absolute atomic E-state index is 12.8. The number of carboxylic acid groups (broad SMARTS) is 1. The lowest BCUT2D eigenvalue weighted by atomic mass is 10.0. The SMILES string of the molecule is O=C(Cc1ccccc1)N[C@@H]1C(=O)N2C(C(=O)O)=C(CSCC(=O)Oc3ccc([N+](=O)[O-])cc3)CS[C@H]12. The van der Waals surface area contributed by atoms with E-state index in [4.69, 9.17) is 4.74 Å². The Kier molecular flexibility index (Phi) is 8.14. The fourth-order valence-corrected chi connectivity index (χ4v) is 6.14. The molecule has 1 fully saturated rings. The lowest BCUT2D eigenvalue weighted by molar-refractivity contribution is -0.384. The van der Waals surface area contributed by atoms with E-state index in [0.29, 0.717) is 11.3 Å². The summed E-state index contributed by atoms with van der Waals surface area (Å²) in [6.45, 7) is 0. The Morgan fingerprint density at radius 3 is 2.51 bits per heavy atom. The predicted octanol–water partition coefficient (Wildman–Crippen LogP) is 2.21. The number of β-lactam (4-membered cyclic amide) rings is 1. The third kappa shape index (κ3) is 6.12. The van der Waals surface area contributed by atoms with E-state index >= 15 is 0 Å². The van der Waals surface area contributed by atoms with Gasteiger partial charge in [0.15, 0.2) is 0 Å². The number of nitrogens with one attached hydrogen (secondary N) is 1. The Hall–Kier alpha value is -3.84. The van der Waals surface area contributed by atoms with Crippen molar-refractivity contribution < 1.29 is 33.9 Å². The Labute approximate surface area is 219 Å². The molecule has 0 unspecified atom stereocenters. The Balaban J connectivity index is 1.32. The van der Waals surface area contributed by atoms with E-state index in [1.54, 1.807) is 12.1 Å². The number of aliphatic carboxylic acids is 1. The Morgan fingerprint density at radius 1 is 1.16 bits per heavy atom. The maximum Gasteiger partial charge on any atom is 0.352 e. The van der Waals surface area contributed by atoms with Gasteiger partial charge in [-0.25, -0.2) is 4.79 Å². The largest absolute Gasteiger partial charge is 0.477 e. The summed E-state index contributed by atoms with van der Waals surface area (Å²) in [5.74, 6) is -2.08. The highest BCUT2D eigenvalue weighted by Gasteiger charge is 2.54. The maximum atomic E-state index is 12.8. The molecule has 2 aliphatic heterocycles. The van der Waals surface area contributed by atoms with Crippen LogP contribution < -0.4 is 10.1 Å². The smallest absolute Gasteiger partial charge is 0.352 e. The molecule has 2 amide bonds. The molecule has 11 nitrogen and oxygen atoms in total. The van der Waals surface area contributed by atoms with Crippen molar-refractivity contribution in [3.05, 3.63) is 81.5 Å². The van der Waals surface area contributed by atoms with Gasteiger partial charge in [0.05, 0.1) is 17.1 Å². The minimum absolute atomic E-state index is 0.0897. The second-order valence-corrected chi connectivity index (χ2v) is 10.2. The van der Waals surface area contributed by atoms with E-state index < -0.39 is 34.2 Å². The van der Waals surface area contributed by atoms with Crippen LogP contribution in [0.5, 0.6) is 5.75 Å². The van der Waals surface area contributed by atoms with Gasteiger partial charge in [-0.15, -0.1) is 23.5 Å². The van der Waals surface area contributed by atoms with E-state index in [-0.39, 0.29) is 41.0 Å². The number of benzene rings is 2. The van der Waals surface area contributed by atoms with Gasteiger partial charge in [-0.1, -0.05) is 30.3 Å². The van der Waals surface area contributed by atoms with Crippen molar-refractivity contribution in [3.63, 3.8) is 0 Å².